The number of imidazole rings is 1. The molecule has 0 radical (unpaired) electrons. The number of nitrogens with one attached hydrogen (secondary N) is 1. The van der Waals surface area contributed by atoms with Crippen molar-refractivity contribution >= 4 is 11.0 Å². The van der Waals surface area contributed by atoms with E-state index in [1.165, 1.54) is 12.1 Å². The number of H-pyrrole nitrogens is 1. The SMILES string of the molecule is Oc1c(CC2CCCOC2)c(-c2ccc(F)cc2)cn1-c1nc2ccccc2[nH]1. The minimum atomic E-state index is -0.281. The van der Waals surface area contributed by atoms with Gasteiger partial charge in [0.25, 0.3) is 0 Å². The number of nitrogens with zero attached hydrogens (tertiary/aromatic N) is 2. The van der Waals surface area contributed by atoms with Gasteiger partial charge in [0.05, 0.1) is 11.0 Å². The summed E-state index contributed by atoms with van der Waals surface area (Å²) in [6.07, 6.45) is 4.67. The molecule has 2 aromatic carbocycles. The van der Waals surface area contributed by atoms with Gasteiger partial charge in [-0.15, -0.1) is 0 Å². The topological polar surface area (TPSA) is 63.1 Å². The maximum atomic E-state index is 13.5. The smallest absolute Gasteiger partial charge is 0.215 e. The zero-order valence-corrected chi connectivity index (χ0v) is 15.9. The van der Waals surface area contributed by atoms with Crippen LogP contribution >= 0.6 is 0 Å². The zero-order valence-electron chi connectivity index (χ0n) is 15.9. The van der Waals surface area contributed by atoms with Gasteiger partial charge in [0.15, 0.2) is 0 Å². The van der Waals surface area contributed by atoms with Gasteiger partial charge in [-0.2, -0.15) is 0 Å². The molecule has 1 saturated heterocycles. The Kier molecular flexibility index (Phi) is 4.56. The molecular weight excluding hydrogens is 369 g/mol. The third-order valence-electron chi connectivity index (χ3n) is 5.59. The lowest BCUT2D eigenvalue weighted by molar-refractivity contribution is 0.0548. The third kappa shape index (κ3) is 3.40. The lowest BCUT2D eigenvalue weighted by Gasteiger charge is -2.22. The Balaban J connectivity index is 1.61. The van der Waals surface area contributed by atoms with E-state index in [1.54, 1.807) is 16.7 Å². The van der Waals surface area contributed by atoms with Gasteiger partial charge in [0, 0.05) is 30.5 Å². The predicted octanol–water partition coefficient (Wildman–Crippen LogP) is 4.83. The van der Waals surface area contributed by atoms with Crippen LogP contribution in [0.1, 0.15) is 18.4 Å². The van der Waals surface area contributed by atoms with E-state index >= 15 is 0 Å². The molecule has 1 aliphatic heterocycles. The Hall–Kier alpha value is -3.12. The molecule has 1 aliphatic rings. The molecule has 0 aliphatic carbocycles. The van der Waals surface area contributed by atoms with Crippen molar-refractivity contribution in [1.29, 1.82) is 0 Å². The molecule has 6 heteroatoms. The number of aromatic amines is 1. The highest BCUT2D eigenvalue weighted by molar-refractivity contribution is 5.77. The first kappa shape index (κ1) is 17.9. The maximum absolute atomic E-state index is 13.5. The van der Waals surface area contributed by atoms with Crippen LogP contribution in [0.25, 0.3) is 28.1 Å². The quantitative estimate of drug-likeness (QED) is 0.524. The Morgan fingerprint density at radius 1 is 1.17 bits per heavy atom. The molecule has 5 nitrogen and oxygen atoms in total. The van der Waals surface area contributed by atoms with Gasteiger partial charge < -0.3 is 14.8 Å². The standard InChI is InChI=1S/C23H22FN3O2/c24-17-9-7-16(8-10-17)19-13-27(23-25-20-5-1-2-6-21(20)26-23)22(28)18(19)12-15-4-3-11-29-14-15/h1-2,5-10,13,15,28H,3-4,11-12,14H2,(H,25,26). The summed E-state index contributed by atoms with van der Waals surface area (Å²) in [5, 5.41) is 11.1. The van der Waals surface area contributed by atoms with E-state index in [0.29, 0.717) is 24.9 Å². The van der Waals surface area contributed by atoms with E-state index < -0.39 is 0 Å². The summed E-state index contributed by atoms with van der Waals surface area (Å²) in [6, 6.07) is 14.1. The van der Waals surface area contributed by atoms with Crippen LogP contribution in [-0.4, -0.2) is 32.9 Å². The Bertz CT molecular complexity index is 1110. The van der Waals surface area contributed by atoms with Crippen LogP contribution in [0, 0.1) is 11.7 Å². The number of ether oxygens (including phenoxy) is 1. The fourth-order valence-corrected chi connectivity index (χ4v) is 4.09. The highest BCUT2D eigenvalue weighted by Gasteiger charge is 2.24. The molecule has 29 heavy (non-hydrogen) atoms. The first-order valence-electron chi connectivity index (χ1n) is 9.91. The second kappa shape index (κ2) is 7.37. The van der Waals surface area contributed by atoms with E-state index in [4.69, 9.17) is 4.74 Å². The van der Waals surface area contributed by atoms with Crippen molar-refractivity contribution in [3.63, 3.8) is 0 Å². The monoisotopic (exact) mass is 391 g/mol. The summed E-state index contributed by atoms with van der Waals surface area (Å²) < 4.78 is 20.8. The minimum absolute atomic E-state index is 0.161. The molecule has 4 aromatic rings. The van der Waals surface area contributed by atoms with Gasteiger partial charge in [0.1, 0.15) is 5.82 Å². The molecule has 2 N–H and O–H groups in total. The molecule has 1 atom stereocenters. The van der Waals surface area contributed by atoms with Crippen molar-refractivity contribution < 1.29 is 14.2 Å². The van der Waals surface area contributed by atoms with Crippen LogP contribution in [0.5, 0.6) is 5.88 Å². The second-order valence-electron chi connectivity index (χ2n) is 7.59. The number of halogens is 1. The van der Waals surface area contributed by atoms with Crippen molar-refractivity contribution in [1.82, 2.24) is 14.5 Å². The van der Waals surface area contributed by atoms with Gasteiger partial charge in [-0.25, -0.2) is 9.37 Å². The summed E-state index contributed by atoms with van der Waals surface area (Å²) in [5.41, 5.74) is 4.33. The number of hydrogen-bond donors (Lipinski definition) is 2. The number of aromatic hydroxyl groups is 1. The fourth-order valence-electron chi connectivity index (χ4n) is 4.09. The first-order chi connectivity index (χ1) is 14.2. The predicted molar refractivity (Wildman–Crippen MR) is 110 cm³/mol. The van der Waals surface area contributed by atoms with Crippen LogP contribution < -0.4 is 0 Å². The third-order valence-corrected chi connectivity index (χ3v) is 5.59. The summed E-state index contributed by atoms with van der Waals surface area (Å²) in [4.78, 5) is 7.88. The molecule has 5 rings (SSSR count). The van der Waals surface area contributed by atoms with Gasteiger partial charge in [-0.05, 0) is 55.0 Å². The molecule has 0 spiro atoms. The lowest BCUT2D eigenvalue weighted by atomic mass is 9.91. The van der Waals surface area contributed by atoms with Crippen LogP contribution in [0.4, 0.5) is 4.39 Å². The summed E-state index contributed by atoms with van der Waals surface area (Å²) in [7, 11) is 0. The minimum Gasteiger partial charge on any atom is -0.494 e. The van der Waals surface area contributed by atoms with Crippen LogP contribution in [0.15, 0.2) is 54.7 Å². The molecule has 0 saturated carbocycles. The Morgan fingerprint density at radius 2 is 2.00 bits per heavy atom. The number of rotatable bonds is 4. The average molecular weight is 391 g/mol. The van der Waals surface area contributed by atoms with Gasteiger partial charge in [-0.3, -0.25) is 4.57 Å². The first-order valence-corrected chi connectivity index (χ1v) is 9.91. The molecule has 0 bridgehead atoms. The van der Waals surface area contributed by atoms with E-state index in [0.717, 1.165) is 47.2 Å². The average Bonchev–Trinajstić information content (AvgIpc) is 3.31. The van der Waals surface area contributed by atoms with Crippen LogP contribution in [-0.2, 0) is 11.2 Å². The van der Waals surface area contributed by atoms with Crippen molar-refractivity contribution in [2.75, 3.05) is 13.2 Å². The van der Waals surface area contributed by atoms with Crippen LogP contribution in [0.3, 0.4) is 0 Å². The lowest BCUT2D eigenvalue weighted by Crippen LogP contribution is -2.19. The van der Waals surface area contributed by atoms with Crippen molar-refractivity contribution in [3.05, 3.63) is 66.1 Å². The highest BCUT2D eigenvalue weighted by Crippen LogP contribution is 2.37. The number of aromatic nitrogens is 3. The van der Waals surface area contributed by atoms with E-state index in [2.05, 4.69) is 9.97 Å². The summed E-state index contributed by atoms with van der Waals surface area (Å²) in [5.74, 6) is 0.782. The van der Waals surface area contributed by atoms with Gasteiger partial charge >= 0.3 is 0 Å². The van der Waals surface area contributed by atoms with E-state index in [9.17, 15) is 9.50 Å². The van der Waals surface area contributed by atoms with E-state index in [1.807, 2.05) is 30.5 Å². The normalized spacial score (nSPS) is 17.1. The number of para-hydroxylation sites is 2. The van der Waals surface area contributed by atoms with Crippen molar-refractivity contribution in [2.24, 2.45) is 5.92 Å². The van der Waals surface area contributed by atoms with Crippen LogP contribution in [0.2, 0.25) is 0 Å². The number of benzene rings is 2. The Morgan fingerprint density at radius 3 is 2.76 bits per heavy atom. The largest absolute Gasteiger partial charge is 0.494 e. The Labute approximate surface area is 167 Å². The number of hydrogen-bond acceptors (Lipinski definition) is 3. The second-order valence-corrected chi connectivity index (χ2v) is 7.59. The molecular formula is C23H22FN3O2. The van der Waals surface area contributed by atoms with Crippen molar-refractivity contribution in [2.45, 2.75) is 19.3 Å². The molecule has 148 valence electrons. The van der Waals surface area contributed by atoms with Gasteiger partial charge in [-0.1, -0.05) is 24.3 Å². The molecule has 3 heterocycles. The number of fused-ring (bicyclic) bond motifs is 1. The zero-order chi connectivity index (χ0) is 19.8. The molecule has 2 aromatic heterocycles. The van der Waals surface area contributed by atoms with E-state index in [-0.39, 0.29) is 11.7 Å². The van der Waals surface area contributed by atoms with Gasteiger partial charge in [0.2, 0.25) is 11.8 Å². The molecule has 1 unspecified atom stereocenters. The summed E-state index contributed by atoms with van der Waals surface area (Å²) >= 11 is 0. The highest BCUT2D eigenvalue weighted by atomic mass is 19.1. The van der Waals surface area contributed by atoms with Crippen molar-refractivity contribution in [3.8, 4) is 23.0 Å². The fraction of sp³-hybridized carbons (Fsp3) is 0.261. The maximum Gasteiger partial charge on any atom is 0.215 e. The molecule has 1 fully saturated rings. The molecule has 0 amide bonds. The summed E-state index contributed by atoms with van der Waals surface area (Å²) in [6.45, 7) is 1.49.